The molecule has 0 spiro atoms. The molecule has 0 radical (unpaired) electrons. The molecule has 1 aromatic rings. The van der Waals surface area contributed by atoms with E-state index in [1.807, 2.05) is 11.9 Å². The number of rotatable bonds is 6. The number of aliphatic hydroxyl groups excluding tert-OH is 1. The van der Waals surface area contributed by atoms with Crippen molar-refractivity contribution in [1.29, 1.82) is 0 Å². The van der Waals surface area contributed by atoms with Crippen LogP contribution in [0.4, 0.5) is 11.6 Å². The van der Waals surface area contributed by atoms with Crippen LogP contribution in [0.1, 0.15) is 13.3 Å². The fourth-order valence-corrected chi connectivity index (χ4v) is 1.49. The molecule has 0 aromatic carbocycles. The number of methoxy groups -OCH3 is 1. The van der Waals surface area contributed by atoms with Crippen molar-refractivity contribution < 1.29 is 9.84 Å². The average molecular weight is 240 g/mol. The molecule has 96 valence electrons. The molecule has 6 nitrogen and oxygen atoms in total. The van der Waals surface area contributed by atoms with Gasteiger partial charge >= 0.3 is 0 Å². The lowest BCUT2D eigenvalue weighted by Gasteiger charge is -2.21. The molecule has 0 aliphatic rings. The molecule has 1 heterocycles. The van der Waals surface area contributed by atoms with Gasteiger partial charge in [0, 0.05) is 20.6 Å². The molecule has 17 heavy (non-hydrogen) atoms. The standard InChI is InChI=1S/C11H20N4O2/c1-8(16)5-6-15(3)11-9(17-4)10(12-2)13-7-14-11/h7-8,16H,5-6H2,1-4H3,(H,12,13,14). The maximum Gasteiger partial charge on any atom is 0.204 e. The summed E-state index contributed by atoms with van der Waals surface area (Å²) in [6.45, 7) is 2.47. The predicted molar refractivity (Wildman–Crippen MR) is 67.7 cm³/mol. The van der Waals surface area contributed by atoms with Gasteiger partial charge in [0.05, 0.1) is 13.2 Å². The van der Waals surface area contributed by atoms with E-state index >= 15 is 0 Å². The van der Waals surface area contributed by atoms with Crippen molar-refractivity contribution in [3.05, 3.63) is 6.33 Å². The zero-order chi connectivity index (χ0) is 12.8. The number of aromatic nitrogens is 2. The van der Waals surface area contributed by atoms with Crippen LogP contribution >= 0.6 is 0 Å². The first-order chi connectivity index (χ1) is 8.10. The highest BCUT2D eigenvalue weighted by Crippen LogP contribution is 2.30. The van der Waals surface area contributed by atoms with Crippen molar-refractivity contribution in [2.24, 2.45) is 0 Å². The summed E-state index contributed by atoms with van der Waals surface area (Å²) in [6.07, 6.45) is 1.84. The van der Waals surface area contributed by atoms with Crippen LogP contribution in [0, 0.1) is 0 Å². The van der Waals surface area contributed by atoms with Crippen molar-refractivity contribution in [2.45, 2.75) is 19.4 Å². The molecule has 0 fully saturated rings. The van der Waals surface area contributed by atoms with Gasteiger partial charge in [-0.1, -0.05) is 0 Å². The summed E-state index contributed by atoms with van der Waals surface area (Å²) in [7, 11) is 5.28. The van der Waals surface area contributed by atoms with E-state index in [1.165, 1.54) is 6.33 Å². The molecule has 1 atom stereocenters. The SMILES string of the molecule is CNc1ncnc(N(C)CCC(C)O)c1OC. The molecule has 0 bridgehead atoms. The fraction of sp³-hybridized carbons (Fsp3) is 0.636. The second-order valence-corrected chi connectivity index (χ2v) is 3.89. The van der Waals surface area contributed by atoms with Gasteiger partial charge in [0.15, 0.2) is 11.6 Å². The summed E-state index contributed by atoms with van der Waals surface area (Å²) in [5, 5.41) is 12.2. The molecule has 0 aliphatic carbocycles. The van der Waals surface area contributed by atoms with Crippen molar-refractivity contribution in [3.8, 4) is 5.75 Å². The molecule has 0 saturated carbocycles. The zero-order valence-electron chi connectivity index (χ0n) is 10.8. The third-order valence-electron chi connectivity index (χ3n) is 2.47. The normalized spacial score (nSPS) is 12.1. The van der Waals surface area contributed by atoms with Crippen LogP contribution in [0.5, 0.6) is 5.75 Å². The molecule has 1 unspecified atom stereocenters. The summed E-state index contributed by atoms with van der Waals surface area (Å²) in [5.74, 6) is 1.98. The first-order valence-corrected chi connectivity index (χ1v) is 5.56. The molecular formula is C11H20N4O2. The summed E-state index contributed by atoms with van der Waals surface area (Å²) in [5.41, 5.74) is 0. The van der Waals surface area contributed by atoms with Gasteiger partial charge < -0.3 is 20.1 Å². The van der Waals surface area contributed by atoms with Crippen molar-refractivity contribution in [3.63, 3.8) is 0 Å². The Morgan fingerprint density at radius 1 is 1.53 bits per heavy atom. The van der Waals surface area contributed by atoms with Crippen LogP contribution in [-0.2, 0) is 0 Å². The highest BCUT2D eigenvalue weighted by Gasteiger charge is 2.14. The van der Waals surface area contributed by atoms with Crippen LogP contribution < -0.4 is 15.0 Å². The highest BCUT2D eigenvalue weighted by molar-refractivity contribution is 5.64. The number of hydrogen-bond acceptors (Lipinski definition) is 6. The van der Waals surface area contributed by atoms with E-state index in [-0.39, 0.29) is 6.10 Å². The van der Waals surface area contributed by atoms with Crippen LogP contribution in [-0.4, -0.2) is 48.9 Å². The van der Waals surface area contributed by atoms with Gasteiger partial charge in [-0.15, -0.1) is 0 Å². The molecule has 0 aliphatic heterocycles. The lowest BCUT2D eigenvalue weighted by atomic mass is 10.3. The minimum Gasteiger partial charge on any atom is -0.490 e. The second-order valence-electron chi connectivity index (χ2n) is 3.89. The van der Waals surface area contributed by atoms with Crippen molar-refractivity contribution in [2.75, 3.05) is 38.0 Å². The first-order valence-electron chi connectivity index (χ1n) is 5.56. The summed E-state index contributed by atoms with van der Waals surface area (Å²) in [4.78, 5) is 10.2. The number of nitrogens with one attached hydrogen (secondary N) is 1. The van der Waals surface area contributed by atoms with Crippen molar-refractivity contribution >= 4 is 11.6 Å². The molecule has 0 saturated heterocycles. The van der Waals surface area contributed by atoms with E-state index in [1.54, 1.807) is 21.1 Å². The Kier molecular flexibility index (Phi) is 4.96. The Balaban J connectivity index is 2.88. The number of nitrogens with zero attached hydrogens (tertiary/aromatic N) is 3. The monoisotopic (exact) mass is 240 g/mol. The lowest BCUT2D eigenvalue weighted by molar-refractivity contribution is 0.186. The quantitative estimate of drug-likeness (QED) is 0.764. The topological polar surface area (TPSA) is 70.5 Å². The van der Waals surface area contributed by atoms with E-state index in [0.717, 1.165) is 0 Å². The molecule has 6 heteroatoms. The lowest BCUT2D eigenvalue weighted by Crippen LogP contribution is -2.23. The van der Waals surface area contributed by atoms with Gasteiger partial charge in [-0.3, -0.25) is 0 Å². The fourth-order valence-electron chi connectivity index (χ4n) is 1.49. The highest BCUT2D eigenvalue weighted by atomic mass is 16.5. The molecule has 1 aromatic heterocycles. The summed E-state index contributed by atoms with van der Waals surface area (Å²) < 4.78 is 5.30. The number of ether oxygens (including phenoxy) is 1. The largest absolute Gasteiger partial charge is 0.490 e. The van der Waals surface area contributed by atoms with Crippen molar-refractivity contribution in [1.82, 2.24) is 9.97 Å². The maximum atomic E-state index is 9.27. The number of anilines is 2. The van der Waals surface area contributed by atoms with Gasteiger partial charge in [0.2, 0.25) is 5.75 Å². The van der Waals surface area contributed by atoms with Crippen LogP contribution in [0.3, 0.4) is 0 Å². The summed E-state index contributed by atoms with van der Waals surface area (Å²) in [6, 6.07) is 0. The van der Waals surface area contributed by atoms with Gasteiger partial charge in [0.1, 0.15) is 6.33 Å². The van der Waals surface area contributed by atoms with Crippen LogP contribution in [0.15, 0.2) is 6.33 Å². The van der Waals surface area contributed by atoms with Gasteiger partial charge in [0.25, 0.3) is 0 Å². The third kappa shape index (κ3) is 3.45. The van der Waals surface area contributed by atoms with E-state index in [0.29, 0.717) is 30.4 Å². The van der Waals surface area contributed by atoms with Gasteiger partial charge in [-0.25, -0.2) is 9.97 Å². The first kappa shape index (κ1) is 13.5. The molecule has 0 amide bonds. The Labute approximate surface area is 102 Å². The number of hydrogen-bond donors (Lipinski definition) is 2. The maximum absolute atomic E-state index is 9.27. The molecule has 2 N–H and O–H groups in total. The second kappa shape index (κ2) is 6.24. The van der Waals surface area contributed by atoms with Crippen LogP contribution in [0.2, 0.25) is 0 Å². The minimum absolute atomic E-state index is 0.325. The zero-order valence-corrected chi connectivity index (χ0v) is 10.8. The third-order valence-corrected chi connectivity index (χ3v) is 2.47. The molecule has 1 rings (SSSR count). The van der Waals surface area contributed by atoms with E-state index in [4.69, 9.17) is 4.74 Å². The van der Waals surface area contributed by atoms with E-state index in [9.17, 15) is 5.11 Å². The molecular weight excluding hydrogens is 220 g/mol. The van der Waals surface area contributed by atoms with Gasteiger partial charge in [-0.05, 0) is 13.3 Å². The van der Waals surface area contributed by atoms with E-state index in [2.05, 4.69) is 15.3 Å². The Hall–Kier alpha value is -1.56. The Morgan fingerprint density at radius 2 is 2.24 bits per heavy atom. The van der Waals surface area contributed by atoms with E-state index < -0.39 is 0 Å². The number of aliphatic hydroxyl groups is 1. The Bertz CT molecular complexity index is 357. The Morgan fingerprint density at radius 3 is 2.76 bits per heavy atom. The average Bonchev–Trinajstić information content (AvgIpc) is 2.34. The minimum atomic E-state index is -0.325. The van der Waals surface area contributed by atoms with Crippen LogP contribution in [0.25, 0.3) is 0 Å². The smallest absolute Gasteiger partial charge is 0.204 e. The predicted octanol–water partition coefficient (Wildman–Crippen LogP) is 0.734. The summed E-state index contributed by atoms with van der Waals surface area (Å²) >= 11 is 0. The van der Waals surface area contributed by atoms with Gasteiger partial charge in [-0.2, -0.15) is 0 Å².